The van der Waals surface area contributed by atoms with E-state index in [1.807, 2.05) is 42.5 Å². The zero-order chi connectivity index (χ0) is 20.8. The third-order valence-electron chi connectivity index (χ3n) is 5.40. The number of benzene rings is 2. The van der Waals surface area contributed by atoms with Gasteiger partial charge in [0.05, 0.1) is 12.0 Å². The summed E-state index contributed by atoms with van der Waals surface area (Å²) in [6, 6.07) is 13.6. The van der Waals surface area contributed by atoms with E-state index in [0.717, 1.165) is 29.2 Å². The van der Waals surface area contributed by atoms with E-state index >= 15 is 0 Å². The van der Waals surface area contributed by atoms with Crippen molar-refractivity contribution in [3.05, 3.63) is 60.7 Å². The quantitative estimate of drug-likeness (QED) is 0.741. The van der Waals surface area contributed by atoms with Gasteiger partial charge in [-0.3, -0.25) is 14.4 Å². The van der Waals surface area contributed by atoms with Crippen molar-refractivity contribution in [1.82, 2.24) is 15.5 Å². The maximum atomic E-state index is 12.9. The maximum absolute atomic E-state index is 12.9. The van der Waals surface area contributed by atoms with E-state index in [-0.39, 0.29) is 36.2 Å². The molecule has 0 saturated carbocycles. The molecular weight excluding hydrogens is 366 g/mol. The molecule has 0 bridgehead atoms. The predicted molar refractivity (Wildman–Crippen MR) is 113 cm³/mol. The molecule has 6 nitrogen and oxygen atoms in total. The van der Waals surface area contributed by atoms with E-state index in [1.54, 1.807) is 4.90 Å². The number of hydrogen-bond acceptors (Lipinski definition) is 3. The van der Waals surface area contributed by atoms with E-state index in [0.29, 0.717) is 13.1 Å². The summed E-state index contributed by atoms with van der Waals surface area (Å²) in [4.78, 5) is 38.0. The summed E-state index contributed by atoms with van der Waals surface area (Å²) in [5, 5.41) is 8.04. The number of hydrogen-bond donors (Lipinski definition) is 2. The van der Waals surface area contributed by atoms with Gasteiger partial charge in [0.15, 0.2) is 0 Å². The zero-order valence-electron chi connectivity index (χ0n) is 16.7. The van der Waals surface area contributed by atoms with Gasteiger partial charge >= 0.3 is 0 Å². The molecule has 2 atom stereocenters. The van der Waals surface area contributed by atoms with Gasteiger partial charge in [0.25, 0.3) is 0 Å². The molecule has 6 heteroatoms. The average molecular weight is 393 g/mol. The number of rotatable bonds is 6. The summed E-state index contributed by atoms with van der Waals surface area (Å²) in [6.45, 7) is 6.40. The van der Waals surface area contributed by atoms with Crippen molar-refractivity contribution in [1.29, 1.82) is 0 Å². The molecule has 2 unspecified atom stereocenters. The summed E-state index contributed by atoms with van der Waals surface area (Å²) in [6.07, 6.45) is 2.77. The van der Waals surface area contributed by atoms with Gasteiger partial charge in [0.2, 0.25) is 17.7 Å². The van der Waals surface area contributed by atoms with Crippen molar-refractivity contribution in [2.45, 2.75) is 25.8 Å². The summed E-state index contributed by atoms with van der Waals surface area (Å²) in [5.74, 6) is -0.634. The van der Waals surface area contributed by atoms with Crippen LogP contribution in [0.3, 0.4) is 0 Å². The monoisotopic (exact) mass is 393 g/mol. The van der Waals surface area contributed by atoms with Crippen LogP contribution in [0.25, 0.3) is 10.8 Å². The molecule has 0 aliphatic carbocycles. The third-order valence-corrected chi connectivity index (χ3v) is 5.40. The minimum absolute atomic E-state index is 0.00757. The molecule has 1 heterocycles. The number of carbonyl (C=O) groups excluding carboxylic acids is 3. The first-order valence-electron chi connectivity index (χ1n) is 9.93. The van der Waals surface area contributed by atoms with E-state index in [9.17, 15) is 14.4 Å². The molecule has 2 aromatic carbocycles. The molecule has 1 aliphatic rings. The predicted octanol–water partition coefficient (Wildman–Crippen LogP) is 2.56. The highest BCUT2D eigenvalue weighted by molar-refractivity contribution is 5.87. The van der Waals surface area contributed by atoms with Crippen LogP contribution >= 0.6 is 0 Å². The van der Waals surface area contributed by atoms with Crippen molar-refractivity contribution in [2.75, 3.05) is 19.6 Å². The van der Waals surface area contributed by atoms with Crippen LogP contribution in [0.15, 0.2) is 55.1 Å². The van der Waals surface area contributed by atoms with Crippen LogP contribution in [0.1, 0.15) is 31.4 Å². The van der Waals surface area contributed by atoms with Gasteiger partial charge in [0, 0.05) is 26.6 Å². The molecular formula is C23H27N3O3. The first-order chi connectivity index (χ1) is 14.0. The lowest BCUT2D eigenvalue weighted by atomic mass is 9.95. The molecule has 2 aromatic rings. The molecule has 3 amide bonds. The SMILES string of the molecule is C=CC(=O)NCC(NC(=O)C1CCCN(C(C)=O)C1)c1ccc2ccccc2c1. The minimum atomic E-state index is -0.372. The smallest absolute Gasteiger partial charge is 0.243 e. The van der Waals surface area contributed by atoms with Crippen LogP contribution in [0.5, 0.6) is 0 Å². The highest BCUT2D eigenvalue weighted by Crippen LogP contribution is 2.22. The van der Waals surface area contributed by atoms with Crippen LogP contribution in [0, 0.1) is 5.92 Å². The number of piperidine rings is 1. The Labute approximate surface area is 171 Å². The lowest BCUT2D eigenvalue weighted by molar-refractivity contribution is -0.134. The van der Waals surface area contributed by atoms with E-state index in [4.69, 9.17) is 0 Å². The molecule has 1 aliphatic heterocycles. The largest absolute Gasteiger partial charge is 0.350 e. The van der Waals surface area contributed by atoms with Crippen molar-refractivity contribution in [3.8, 4) is 0 Å². The highest BCUT2D eigenvalue weighted by Gasteiger charge is 2.28. The van der Waals surface area contributed by atoms with Crippen LogP contribution in [0.2, 0.25) is 0 Å². The fourth-order valence-electron chi connectivity index (χ4n) is 3.72. The topological polar surface area (TPSA) is 78.5 Å². The van der Waals surface area contributed by atoms with Crippen LogP contribution in [-0.2, 0) is 14.4 Å². The first-order valence-corrected chi connectivity index (χ1v) is 9.93. The average Bonchev–Trinajstić information content (AvgIpc) is 2.75. The number of likely N-dealkylation sites (tertiary alicyclic amines) is 1. The molecule has 0 radical (unpaired) electrons. The van der Waals surface area contributed by atoms with Gasteiger partial charge < -0.3 is 15.5 Å². The normalized spacial score (nSPS) is 17.4. The Morgan fingerprint density at radius 3 is 2.69 bits per heavy atom. The molecule has 0 spiro atoms. The van der Waals surface area contributed by atoms with Gasteiger partial charge in [-0.25, -0.2) is 0 Å². The molecule has 3 rings (SSSR count). The Morgan fingerprint density at radius 2 is 1.97 bits per heavy atom. The summed E-state index contributed by atoms with van der Waals surface area (Å²) in [5.41, 5.74) is 0.917. The Hall–Kier alpha value is -3.15. The minimum Gasteiger partial charge on any atom is -0.350 e. The Balaban J connectivity index is 1.78. The molecule has 29 heavy (non-hydrogen) atoms. The number of nitrogens with zero attached hydrogens (tertiary/aromatic N) is 1. The van der Waals surface area contributed by atoms with Crippen molar-refractivity contribution >= 4 is 28.5 Å². The lowest BCUT2D eigenvalue weighted by Crippen LogP contribution is -2.46. The Morgan fingerprint density at radius 1 is 1.21 bits per heavy atom. The van der Waals surface area contributed by atoms with E-state index < -0.39 is 0 Å². The van der Waals surface area contributed by atoms with E-state index in [1.165, 1.54) is 13.0 Å². The number of nitrogens with one attached hydrogen (secondary N) is 2. The molecule has 1 fully saturated rings. The van der Waals surface area contributed by atoms with Crippen molar-refractivity contribution in [3.63, 3.8) is 0 Å². The van der Waals surface area contributed by atoms with Gasteiger partial charge in [-0.2, -0.15) is 0 Å². The molecule has 2 N–H and O–H groups in total. The van der Waals surface area contributed by atoms with Crippen molar-refractivity contribution < 1.29 is 14.4 Å². The third kappa shape index (κ3) is 5.22. The lowest BCUT2D eigenvalue weighted by Gasteiger charge is -2.32. The Kier molecular flexibility index (Phi) is 6.65. The Bertz CT molecular complexity index is 924. The first kappa shape index (κ1) is 20.6. The van der Waals surface area contributed by atoms with Crippen molar-refractivity contribution in [2.24, 2.45) is 5.92 Å². The number of carbonyl (C=O) groups is 3. The maximum Gasteiger partial charge on any atom is 0.243 e. The number of fused-ring (bicyclic) bond motifs is 1. The highest BCUT2D eigenvalue weighted by atomic mass is 16.2. The summed E-state index contributed by atoms with van der Waals surface area (Å²) in [7, 11) is 0. The second kappa shape index (κ2) is 9.37. The van der Waals surface area contributed by atoms with Gasteiger partial charge in [-0.15, -0.1) is 0 Å². The van der Waals surface area contributed by atoms with Crippen LogP contribution in [0.4, 0.5) is 0 Å². The van der Waals surface area contributed by atoms with Gasteiger partial charge in [-0.05, 0) is 41.3 Å². The molecule has 152 valence electrons. The zero-order valence-corrected chi connectivity index (χ0v) is 16.7. The fraction of sp³-hybridized carbons (Fsp3) is 0.348. The van der Waals surface area contributed by atoms with Gasteiger partial charge in [0.1, 0.15) is 0 Å². The second-order valence-corrected chi connectivity index (χ2v) is 7.42. The molecule has 1 saturated heterocycles. The summed E-state index contributed by atoms with van der Waals surface area (Å²) >= 11 is 0. The fourth-order valence-corrected chi connectivity index (χ4v) is 3.72. The number of amides is 3. The van der Waals surface area contributed by atoms with E-state index in [2.05, 4.69) is 17.2 Å². The second-order valence-electron chi connectivity index (χ2n) is 7.42. The standard InChI is InChI=1S/C23H27N3O3/c1-3-22(28)24-14-21(19-11-10-17-7-4-5-8-18(17)13-19)25-23(29)20-9-6-12-26(15-20)16(2)27/h3-5,7-8,10-11,13,20-21H,1,6,9,12,14-15H2,2H3,(H,24,28)(H,25,29). The van der Waals surface area contributed by atoms with Gasteiger partial charge in [-0.1, -0.05) is 43.0 Å². The van der Waals surface area contributed by atoms with Crippen LogP contribution < -0.4 is 10.6 Å². The summed E-state index contributed by atoms with van der Waals surface area (Å²) < 4.78 is 0. The van der Waals surface area contributed by atoms with Crippen LogP contribution in [-0.4, -0.2) is 42.3 Å². The molecule has 0 aromatic heterocycles.